The van der Waals surface area contributed by atoms with Gasteiger partial charge in [-0.1, -0.05) is 0 Å². The number of anilines is 1. The van der Waals surface area contributed by atoms with Crippen LogP contribution >= 0.6 is 0 Å². The molecule has 0 radical (unpaired) electrons. The quantitative estimate of drug-likeness (QED) is 0.540. The highest BCUT2D eigenvalue weighted by Crippen LogP contribution is 2.31. The van der Waals surface area contributed by atoms with Crippen LogP contribution in [0.1, 0.15) is 19.3 Å². The third kappa shape index (κ3) is 4.49. The highest BCUT2D eigenvalue weighted by Gasteiger charge is 2.38. The maximum absolute atomic E-state index is 12.4. The molecule has 1 amide bonds. The minimum Gasteiger partial charge on any atom is -0.473 e. The van der Waals surface area contributed by atoms with Crippen molar-refractivity contribution in [3.63, 3.8) is 0 Å². The number of carbonyl (C=O) groups is 3. The monoisotopic (exact) mass is 321 g/mol. The summed E-state index contributed by atoms with van der Waals surface area (Å²) in [6.45, 7) is 0.403. The van der Waals surface area contributed by atoms with Gasteiger partial charge >= 0.3 is 11.9 Å². The van der Waals surface area contributed by atoms with Crippen LogP contribution in [0.2, 0.25) is 0 Å². The molecule has 0 aliphatic heterocycles. The van der Waals surface area contributed by atoms with Gasteiger partial charge < -0.3 is 20.9 Å². The number of aromatic nitrogens is 1. The van der Waals surface area contributed by atoms with Crippen LogP contribution < -0.4 is 11.1 Å². The average Bonchev–Trinajstić information content (AvgIpc) is 2.55. The minimum atomic E-state index is -1.67. The van der Waals surface area contributed by atoms with Crippen molar-refractivity contribution in [1.82, 2.24) is 4.98 Å². The average molecular weight is 321 g/mol. The van der Waals surface area contributed by atoms with E-state index in [4.69, 9.17) is 15.6 Å². The number of esters is 1. The second kappa shape index (κ2) is 7.68. The summed E-state index contributed by atoms with van der Waals surface area (Å²) in [5, 5.41) is 11.4. The van der Waals surface area contributed by atoms with Crippen LogP contribution in [0.4, 0.5) is 5.69 Å². The first-order valence-electron chi connectivity index (χ1n) is 7.36. The zero-order valence-electron chi connectivity index (χ0n) is 12.5. The second-order valence-corrected chi connectivity index (χ2v) is 5.50. The molecule has 1 unspecified atom stereocenters. The minimum absolute atomic E-state index is 0.103. The Kier molecular flexibility index (Phi) is 5.64. The summed E-state index contributed by atoms with van der Waals surface area (Å²) in [5.74, 6) is -3.83. The van der Waals surface area contributed by atoms with Gasteiger partial charge in [0.05, 0.1) is 5.92 Å². The van der Waals surface area contributed by atoms with Crippen molar-refractivity contribution in [2.45, 2.75) is 25.4 Å². The Hall–Kier alpha value is -2.48. The number of carboxylic acid groups (broad SMARTS) is 1. The van der Waals surface area contributed by atoms with Gasteiger partial charge in [-0.3, -0.25) is 9.78 Å². The third-order valence-electron chi connectivity index (χ3n) is 3.95. The topological polar surface area (TPSA) is 132 Å². The van der Waals surface area contributed by atoms with Gasteiger partial charge in [0.15, 0.2) is 0 Å². The summed E-state index contributed by atoms with van der Waals surface area (Å²) in [7, 11) is 0. The lowest BCUT2D eigenvalue weighted by molar-refractivity contribution is -0.171. The number of ether oxygens (including phenoxy) is 1. The maximum atomic E-state index is 12.4. The van der Waals surface area contributed by atoms with Crippen LogP contribution in [0, 0.1) is 11.8 Å². The molecular weight excluding hydrogens is 302 g/mol. The fraction of sp³-hybridized carbons (Fsp3) is 0.467. The molecule has 2 rings (SSSR count). The first-order valence-corrected chi connectivity index (χ1v) is 7.36. The molecule has 1 heterocycles. The molecule has 4 N–H and O–H groups in total. The molecule has 1 aliphatic rings. The fourth-order valence-corrected chi connectivity index (χ4v) is 2.71. The lowest BCUT2D eigenvalue weighted by Crippen LogP contribution is -2.42. The van der Waals surface area contributed by atoms with Crippen LogP contribution in [0.5, 0.6) is 0 Å². The molecule has 0 spiro atoms. The van der Waals surface area contributed by atoms with E-state index in [1.807, 2.05) is 0 Å². The second-order valence-electron chi connectivity index (χ2n) is 5.50. The van der Waals surface area contributed by atoms with E-state index in [-0.39, 0.29) is 11.8 Å². The van der Waals surface area contributed by atoms with Crippen molar-refractivity contribution in [2.24, 2.45) is 17.6 Å². The van der Waals surface area contributed by atoms with Gasteiger partial charge in [-0.25, -0.2) is 9.59 Å². The molecule has 1 aromatic rings. The summed E-state index contributed by atoms with van der Waals surface area (Å²) in [6, 6.07) is 3.28. The number of hydrogen-bond acceptors (Lipinski definition) is 6. The Bertz CT molecular complexity index is 578. The smallest absolute Gasteiger partial charge is 0.417 e. The Morgan fingerprint density at radius 2 is 2.00 bits per heavy atom. The maximum Gasteiger partial charge on any atom is 0.417 e. The van der Waals surface area contributed by atoms with Crippen LogP contribution in [-0.2, 0) is 19.1 Å². The Labute approximate surface area is 133 Å². The van der Waals surface area contributed by atoms with Crippen molar-refractivity contribution in [3.05, 3.63) is 24.5 Å². The Morgan fingerprint density at radius 1 is 1.30 bits per heavy atom. The standard InChI is InChI=1S/C15H19N3O5/c16-8-9-1-2-11(12(7-9)23-15(22)14(20)21)13(19)18-10-3-5-17-6-4-10/h3-6,9,11-12H,1-2,7-8,16H2,(H,20,21)(H,17,18,19)/t9?,11-,12-/m1/s1. The van der Waals surface area contributed by atoms with E-state index < -0.39 is 24.0 Å². The van der Waals surface area contributed by atoms with E-state index >= 15 is 0 Å². The molecule has 0 aromatic carbocycles. The van der Waals surface area contributed by atoms with E-state index in [0.717, 1.165) is 6.42 Å². The number of pyridine rings is 1. The highest BCUT2D eigenvalue weighted by atomic mass is 16.6. The SMILES string of the molecule is NCC1CC[C@@H](C(=O)Nc2ccncc2)[C@H](OC(=O)C(=O)O)C1. The largest absolute Gasteiger partial charge is 0.473 e. The molecule has 124 valence electrons. The van der Waals surface area contributed by atoms with Crippen LogP contribution in [0.25, 0.3) is 0 Å². The van der Waals surface area contributed by atoms with Gasteiger partial charge in [-0.15, -0.1) is 0 Å². The summed E-state index contributed by atoms with van der Waals surface area (Å²) in [4.78, 5) is 38.3. The van der Waals surface area contributed by atoms with Crippen LogP contribution in [0.3, 0.4) is 0 Å². The van der Waals surface area contributed by atoms with Gasteiger partial charge in [0.1, 0.15) is 6.10 Å². The van der Waals surface area contributed by atoms with Crippen LogP contribution in [-0.4, -0.2) is 40.6 Å². The summed E-state index contributed by atoms with van der Waals surface area (Å²) >= 11 is 0. The normalized spacial score (nSPS) is 23.8. The van der Waals surface area contributed by atoms with E-state index in [2.05, 4.69) is 10.3 Å². The number of nitrogens with zero attached hydrogens (tertiary/aromatic N) is 1. The van der Waals surface area contributed by atoms with Crippen molar-refractivity contribution < 1.29 is 24.2 Å². The number of rotatable bonds is 4. The summed E-state index contributed by atoms with van der Waals surface area (Å²) in [6.07, 6.45) is 3.89. The summed E-state index contributed by atoms with van der Waals surface area (Å²) < 4.78 is 4.99. The lowest BCUT2D eigenvalue weighted by Gasteiger charge is -2.34. The number of nitrogens with one attached hydrogen (secondary N) is 1. The number of amides is 1. The van der Waals surface area contributed by atoms with Gasteiger partial charge in [0.25, 0.3) is 0 Å². The van der Waals surface area contributed by atoms with Gasteiger partial charge in [0, 0.05) is 18.1 Å². The lowest BCUT2D eigenvalue weighted by atomic mass is 9.79. The van der Waals surface area contributed by atoms with Crippen molar-refractivity contribution in [2.75, 3.05) is 11.9 Å². The number of carboxylic acids is 1. The molecule has 23 heavy (non-hydrogen) atoms. The van der Waals surface area contributed by atoms with Gasteiger partial charge in [-0.2, -0.15) is 0 Å². The molecule has 0 bridgehead atoms. The molecule has 8 heteroatoms. The number of nitrogens with two attached hydrogens (primary N) is 1. The molecule has 1 saturated carbocycles. The Balaban J connectivity index is 2.08. The fourth-order valence-electron chi connectivity index (χ4n) is 2.71. The third-order valence-corrected chi connectivity index (χ3v) is 3.95. The molecule has 1 aromatic heterocycles. The first-order chi connectivity index (χ1) is 11.0. The molecule has 0 saturated heterocycles. The predicted molar refractivity (Wildman–Crippen MR) is 80.3 cm³/mol. The first kappa shape index (κ1) is 16.9. The molecule has 1 fully saturated rings. The van der Waals surface area contributed by atoms with E-state index in [9.17, 15) is 14.4 Å². The van der Waals surface area contributed by atoms with E-state index in [0.29, 0.717) is 25.1 Å². The van der Waals surface area contributed by atoms with Crippen molar-refractivity contribution in [1.29, 1.82) is 0 Å². The summed E-state index contributed by atoms with van der Waals surface area (Å²) in [5.41, 5.74) is 6.21. The number of hydrogen-bond donors (Lipinski definition) is 3. The molecular formula is C15H19N3O5. The highest BCUT2D eigenvalue weighted by molar-refractivity contribution is 6.28. The predicted octanol–water partition coefficient (Wildman–Crippen LogP) is 0.391. The van der Waals surface area contributed by atoms with Crippen LogP contribution in [0.15, 0.2) is 24.5 Å². The van der Waals surface area contributed by atoms with Crippen molar-refractivity contribution in [3.8, 4) is 0 Å². The zero-order chi connectivity index (χ0) is 16.8. The van der Waals surface area contributed by atoms with Gasteiger partial charge in [0.2, 0.25) is 5.91 Å². The molecule has 3 atom stereocenters. The zero-order valence-corrected chi connectivity index (χ0v) is 12.5. The molecule has 8 nitrogen and oxygen atoms in total. The molecule has 1 aliphatic carbocycles. The number of aliphatic carboxylic acids is 1. The van der Waals surface area contributed by atoms with E-state index in [1.54, 1.807) is 24.5 Å². The number of carbonyl (C=O) groups excluding carboxylic acids is 2. The Morgan fingerprint density at radius 3 is 2.61 bits per heavy atom. The van der Waals surface area contributed by atoms with Crippen molar-refractivity contribution >= 4 is 23.5 Å². The van der Waals surface area contributed by atoms with E-state index in [1.165, 1.54) is 0 Å². The van der Waals surface area contributed by atoms with Gasteiger partial charge in [-0.05, 0) is 43.9 Å².